The predicted molar refractivity (Wildman–Crippen MR) is 94.4 cm³/mol. The van der Waals surface area contributed by atoms with Crippen LogP contribution >= 0.6 is 23.2 Å². The summed E-state index contributed by atoms with van der Waals surface area (Å²) in [7, 11) is 1.61. The highest BCUT2D eigenvalue weighted by atomic mass is 35.5. The first-order valence-corrected chi connectivity index (χ1v) is 7.93. The van der Waals surface area contributed by atoms with E-state index in [2.05, 4.69) is 5.32 Å². The third kappa shape index (κ3) is 5.92. The molecule has 0 bridgehead atoms. The molecule has 0 spiro atoms. The molecule has 128 valence electrons. The van der Waals surface area contributed by atoms with Crippen LogP contribution in [0, 0.1) is 0 Å². The third-order valence-electron chi connectivity index (χ3n) is 2.95. The number of ether oxygens (including phenoxy) is 3. The van der Waals surface area contributed by atoms with Crippen LogP contribution < -0.4 is 14.8 Å². The number of benzene rings is 2. The summed E-state index contributed by atoms with van der Waals surface area (Å²) in [4.78, 5) is 11.9. The van der Waals surface area contributed by atoms with Gasteiger partial charge in [0.15, 0.2) is 6.61 Å². The standard InChI is InChI=1S/C17H17Cl2NO4/c1-22-8-9-23-14-5-3-13(4-6-14)20-17(21)11-24-16-7-2-12(18)10-15(16)19/h2-7,10H,8-9,11H2,1H3,(H,20,21). The second kappa shape index (κ2) is 9.37. The molecule has 0 saturated carbocycles. The second-order valence-corrected chi connectivity index (χ2v) is 5.62. The van der Waals surface area contributed by atoms with Crippen molar-refractivity contribution in [3.05, 3.63) is 52.5 Å². The molecule has 2 aromatic carbocycles. The zero-order valence-electron chi connectivity index (χ0n) is 13.1. The highest BCUT2D eigenvalue weighted by molar-refractivity contribution is 6.35. The Morgan fingerprint density at radius 3 is 2.46 bits per heavy atom. The lowest BCUT2D eigenvalue weighted by Crippen LogP contribution is -2.20. The van der Waals surface area contributed by atoms with E-state index in [0.717, 1.165) is 0 Å². The summed E-state index contributed by atoms with van der Waals surface area (Å²) in [5, 5.41) is 3.58. The number of nitrogens with one attached hydrogen (secondary N) is 1. The van der Waals surface area contributed by atoms with Crippen molar-refractivity contribution in [2.45, 2.75) is 0 Å². The van der Waals surface area contributed by atoms with Crippen LogP contribution in [0.4, 0.5) is 5.69 Å². The number of hydrogen-bond donors (Lipinski definition) is 1. The summed E-state index contributed by atoms with van der Waals surface area (Å²) < 4.78 is 15.7. The van der Waals surface area contributed by atoms with E-state index >= 15 is 0 Å². The van der Waals surface area contributed by atoms with E-state index < -0.39 is 0 Å². The van der Waals surface area contributed by atoms with E-state index in [-0.39, 0.29) is 12.5 Å². The van der Waals surface area contributed by atoms with Gasteiger partial charge in [-0.25, -0.2) is 0 Å². The summed E-state index contributed by atoms with van der Waals surface area (Å²) in [6.07, 6.45) is 0. The molecule has 0 aromatic heterocycles. The minimum Gasteiger partial charge on any atom is -0.491 e. The van der Waals surface area contributed by atoms with Gasteiger partial charge < -0.3 is 19.5 Å². The fraction of sp³-hybridized carbons (Fsp3) is 0.235. The number of rotatable bonds is 8. The molecule has 0 unspecified atom stereocenters. The monoisotopic (exact) mass is 369 g/mol. The van der Waals surface area contributed by atoms with Gasteiger partial charge in [-0.1, -0.05) is 23.2 Å². The van der Waals surface area contributed by atoms with Crippen molar-refractivity contribution in [2.75, 3.05) is 32.2 Å². The van der Waals surface area contributed by atoms with Gasteiger partial charge in [0.25, 0.3) is 5.91 Å². The van der Waals surface area contributed by atoms with Crippen molar-refractivity contribution < 1.29 is 19.0 Å². The molecule has 1 amide bonds. The predicted octanol–water partition coefficient (Wildman–Crippen LogP) is 4.04. The largest absolute Gasteiger partial charge is 0.491 e. The maximum atomic E-state index is 11.9. The molecule has 2 rings (SSSR count). The first-order chi connectivity index (χ1) is 11.6. The van der Waals surface area contributed by atoms with E-state index in [0.29, 0.717) is 40.4 Å². The molecule has 0 aliphatic carbocycles. The fourth-order valence-corrected chi connectivity index (χ4v) is 2.27. The average molecular weight is 370 g/mol. The van der Waals surface area contributed by atoms with Crippen LogP contribution in [0.2, 0.25) is 10.0 Å². The summed E-state index contributed by atoms with van der Waals surface area (Å²) >= 11 is 11.8. The van der Waals surface area contributed by atoms with Crippen LogP contribution in [0.15, 0.2) is 42.5 Å². The number of carbonyl (C=O) groups is 1. The smallest absolute Gasteiger partial charge is 0.262 e. The van der Waals surface area contributed by atoms with E-state index in [1.54, 1.807) is 49.6 Å². The molecule has 0 radical (unpaired) electrons. The fourth-order valence-electron chi connectivity index (χ4n) is 1.81. The van der Waals surface area contributed by atoms with Crippen LogP contribution in [0.25, 0.3) is 0 Å². The summed E-state index contributed by atoms with van der Waals surface area (Å²) in [5.74, 6) is 0.807. The second-order valence-electron chi connectivity index (χ2n) is 4.78. The molecule has 1 N–H and O–H groups in total. The number of halogens is 2. The van der Waals surface area contributed by atoms with Gasteiger partial charge in [-0.2, -0.15) is 0 Å². The summed E-state index contributed by atoms with van der Waals surface area (Å²) in [5.41, 5.74) is 0.643. The minimum absolute atomic E-state index is 0.159. The Balaban J connectivity index is 1.81. The Labute approximate surface area is 150 Å². The normalized spacial score (nSPS) is 10.3. The maximum Gasteiger partial charge on any atom is 0.262 e. The molecule has 2 aromatic rings. The Bertz CT molecular complexity index is 677. The number of hydrogen-bond acceptors (Lipinski definition) is 4. The van der Waals surface area contributed by atoms with Crippen molar-refractivity contribution in [2.24, 2.45) is 0 Å². The first-order valence-electron chi connectivity index (χ1n) is 7.18. The van der Waals surface area contributed by atoms with E-state index in [9.17, 15) is 4.79 Å². The molecule has 0 atom stereocenters. The van der Waals surface area contributed by atoms with E-state index in [1.165, 1.54) is 0 Å². The number of amides is 1. The van der Waals surface area contributed by atoms with Gasteiger partial charge in [-0.15, -0.1) is 0 Å². The average Bonchev–Trinajstić information content (AvgIpc) is 2.56. The van der Waals surface area contributed by atoms with Crippen molar-refractivity contribution in [3.8, 4) is 11.5 Å². The van der Waals surface area contributed by atoms with Crippen molar-refractivity contribution in [1.82, 2.24) is 0 Å². The van der Waals surface area contributed by atoms with E-state index in [4.69, 9.17) is 37.4 Å². The molecule has 0 fully saturated rings. The van der Waals surface area contributed by atoms with Gasteiger partial charge in [0.2, 0.25) is 0 Å². The van der Waals surface area contributed by atoms with Crippen LogP contribution in [0.1, 0.15) is 0 Å². The molecule has 24 heavy (non-hydrogen) atoms. The molecular weight excluding hydrogens is 353 g/mol. The SMILES string of the molecule is COCCOc1ccc(NC(=O)COc2ccc(Cl)cc2Cl)cc1. The summed E-state index contributed by atoms with van der Waals surface area (Å²) in [6.45, 7) is 0.828. The van der Waals surface area contributed by atoms with Gasteiger partial charge >= 0.3 is 0 Å². The van der Waals surface area contributed by atoms with Gasteiger partial charge in [0.05, 0.1) is 11.6 Å². The minimum atomic E-state index is -0.297. The van der Waals surface area contributed by atoms with Crippen LogP contribution in [-0.2, 0) is 9.53 Å². The molecule has 7 heteroatoms. The first kappa shape index (κ1) is 18.4. The number of methoxy groups -OCH3 is 1. The van der Waals surface area contributed by atoms with Gasteiger partial charge in [0, 0.05) is 17.8 Å². The van der Waals surface area contributed by atoms with Gasteiger partial charge in [-0.3, -0.25) is 4.79 Å². The molecule has 0 heterocycles. The van der Waals surface area contributed by atoms with Crippen LogP contribution in [-0.4, -0.2) is 32.8 Å². The molecular formula is C17H17Cl2NO4. The lowest BCUT2D eigenvalue weighted by molar-refractivity contribution is -0.118. The Morgan fingerprint density at radius 1 is 1.04 bits per heavy atom. The zero-order chi connectivity index (χ0) is 17.4. The quantitative estimate of drug-likeness (QED) is 0.713. The molecule has 5 nitrogen and oxygen atoms in total. The maximum absolute atomic E-state index is 11.9. The Kier molecular flexibility index (Phi) is 7.18. The topological polar surface area (TPSA) is 56.8 Å². The van der Waals surface area contributed by atoms with E-state index in [1.807, 2.05) is 0 Å². The van der Waals surface area contributed by atoms with Gasteiger partial charge in [-0.05, 0) is 42.5 Å². The lowest BCUT2D eigenvalue weighted by Gasteiger charge is -2.10. The number of anilines is 1. The Hall–Kier alpha value is -1.95. The highest BCUT2D eigenvalue weighted by Crippen LogP contribution is 2.27. The zero-order valence-corrected chi connectivity index (χ0v) is 14.6. The third-order valence-corrected chi connectivity index (χ3v) is 3.48. The highest BCUT2D eigenvalue weighted by Gasteiger charge is 2.07. The molecule has 0 aliphatic heterocycles. The Morgan fingerprint density at radius 2 is 1.79 bits per heavy atom. The lowest BCUT2D eigenvalue weighted by atomic mass is 10.3. The van der Waals surface area contributed by atoms with Crippen molar-refractivity contribution in [3.63, 3.8) is 0 Å². The number of carbonyl (C=O) groups excluding carboxylic acids is 1. The molecule has 0 saturated heterocycles. The summed E-state index contributed by atoms with van der Waals surface area (Å²) in [6, 6.07) is 11.8. The van der Waals surface area contributed by atoms with Crippen LogP contribution in [0.5, 0.6) is 11.5 Å². The van der Waals surface area contributed by atoms with Gasteiger partial charge in [0.1, 0.15) is 18.1 Å². The van der Waals surface area contributed by atoms with Crippen LogP contribution in [0.3, 0.4) is 0 Å². The van der Waals surface area contributed by atoms with Crippen molar-refractivity contribution >= 4 is 34.8 Å². The molecule has 0 aliphatic rings. The van der Waals surface area contributed by atoms with Crippen molar-refractivity contribution in [1.29, 1.82) is 0 Å².